The van der Waals surface area contributed by atoms with Gasteiger partial charge < -0.3 is 14.9 Å². The van der Waals surface area contributed by atoms with Gasteiger partial charge in [-0.3, -0.25) is 0 Å². The van der Waals surface area contributed by atoms with E-state index in [0.717, 1.165) is 0 Å². The van der Waals surface area contributed by atoms with Crippen molar-refractivity contribution in [2.75, 3.05) is 12.5 Å². The molecular weight excluding hydrogens is 342 g/mol. The van der Waals surface area contributed by atoms with Crippen LogP contribution in [0.25, 0.3) is 22.8 Å². The van der Waals surface area contributed by atoms with Gasteiger partial charge in [-0.15, -0.1) is 11.6 Å². The number of nitrogens with zero attached hydrogens (tertiary/aromatic N) is 3. The largest absolute Gasteiger partial charge is 0.507 e. The number of aromatic nitrogens is 3. The van der Waals surface area contributed by atoms with Gasteiger partial charge in [-0.1, -0.05) is 24.3 Å². The predicted molar refractivity (Wildman–Crippen MR) is 94.9 cm³/mol. The first-order valence-electron chi connectivity index (χ1n) is 7.70. The van der Waals surface area contributed by atoms with Crippen molar-refractivity contribution in [1.82, 2.24) is 15.0 Å². The first kappa shape index (κ1) is 17.0. The second-order valence-corrected chi connectivity index (χ2v) is 5.57. The summed E-state index contributed by atoms with van der Waals surface area (Å²) in [5, 5.41) is 20.2. The Hall–Kier alpha value is -2.86. The molecule has 6 nitrogen and oxygen atoms in total. The van der Waals surface area contributed by atoms with Gasteiger partial charge in [0.05, 0.1) is 17.7 Å². The molecule has 0 aliphatic rings. The zero-order chi connectivity index (χ0) is 17.6. The fourth-order valence-corrected chi connectivity index (χ4v) is 2.31. The Morgan fingerprint density at radius 1 is 0.800 bits per heavy atom. The van der Waals surface area contributed by atoms with Crippen LogP contribution in [0.3, 0.4) is 0 Å². The lowest BCUT2D eigenvalue weighted by molar-refractivity contribution is 0.293. The van der Waals surface area contributed by atoms with Crippen molar-refractivity contribution in [2.24, 2.45) is 0 Å². The molecule has 0 aliphatic carbocycles. The molecule has 0 unspecified atom stereocenters. The number of benzene rings is 2. The molecule has 3 rings (SSSR count). The fraction of sp³-hybridized carbons (Fsp3) is 0.167. The summed E-state index contributed by atoms with van der Waals surface area (Å²) in [6, 6.07) is 13.6. The molecule has 0 saturated carbocycles. The van der Waals surface area contributed by atoms with Gasteiger partial charge in [0.25, 0.3) is 0 Å². The summed E-state index contributed by atoms with van der Waals surface area (Å²) >= 11 is 5.66. The Labute approximate surface area is 149 Å². The number of aromatic hydroxyl groups is 2. The van der Waals surface area contributed by atoms with E-state index in [1.807, 2.05) is 0 Å². The van der Waals surface area contributed by atoms with E-state index in [4.69, 9.17) is 16.3 Å². The number of para-hydroxylation sites is 2. The zero-order valence-corrected chi connectivity index (χ0v) is 14.0. The number of hydrogen-bond acceptors (Lipinski definition) is 6. The predicted octanol–water partition coefficient (Wildman–Crippen LogP) is 3.62. The van der Waals surface area contributed by atoms with Crippen molar-refractivity contribution in [3.05, 3.63) is 48.5 Å². The highest BCUT2D eigenvalue weighted by molar-refractivity contribution is 6.17. The molecule has 0 amide bonds. The van der Waals surface area contributed by atoms with Crippen LogP contribution in [0.2, 0.25) is 0 Å². The molecule has 1 aromatic heterocycles. The first-order chi connectivity index (χ1) is 12.2. The highest BCUT2D eigenvalue weighted by Crippen LogP contribution is 2.31. The number of phenolic OH excluding ortho intramolecular Hbond substituents is 2. The highest BCUT2D eigenvalue weighted by atomic mass is 35.5. The second kappa shape index (κ2) is 7.81. The third-order valence-electron chi connectivity index (χ3n) is 3.41. The number of rotatable bonds is 6. The van der Waals surface area contributed by atoms with Crippen LogP contribution in [0.1, 0.15) is 6.42 Å². The Morgan fingerprint density at radius 2 is 1.32 bits per heavy atom. The van der Waals surface area contributed by atoms with Crippen LogP contribution in [0.5, 0.6) is 17.5 Å². The van der Waals surface area contributed by atoms with E-state index in [9.17, 15) is 10.2 Å². The minimum absolute atomic E-state index is 0.0450. The second-order valence-electron chi connectivity index (χ2n) is 5.19. The van der Waals surface area contributed by atoms with Crippen molar-refractivity contribution in [3.8, 4) is 40.3 Å². The lowest BCUT2D eigenvalue weighted by Gasteiger charge is -2.10. The molecule has 25 heavy (non-hydrogen) atoms. The SMILES string of the molecule is Oc1ccccc1-c1nc(OCCCCl)nc(-c2ccccc2O)n1. The Bertz CT molecular complexity index is 810. The Balaban J connectivity index is 2.09. The number of alkyl halides is 1. The van der Waals surface area contributed by atoms with Crippen LogP contribution >= 0.6 is 11.6 Å². The van der Waals surface area contributed by atoms with E-state index >= 15 is 0 Å². The number of ether oxygens (including phenoxy) is 1. The molecule has 2 N–H and O–H groups in total. The number of phenols is 2. The number of halogens is 1. The molecule has 3 aromatic rings. The topological polar surface area (TPSA) is 88.4 Å². The van der Waals surface area contributed by atoms with Crippen LogP contribution in [0.4, 0.5) is 0 Å². The van der Waals surface area contributed by atoms with E-state index in [2.05, 4.69) is 15.0 Å². The summed E-state index contributed by atoms with van der Waals surface area (Å²) in [6.45, 7) is 0.355. The highest BCUT2D eigenvalue weighted by Gasteiger charge is 2.15. The van der Waals surface area contributed by atoms with Gasteiger partial charge in [-0.2, -0.15) is 9.97 Å². The summed E-state index contributed by atoms with van der Waals surface area (Å²) in [7, 11) is 0. The average Bonchev–Trinajstić information content (AvgIpc) is 2.62. The lowest BCUT2D eigenvalue weighted by atomic mass is 10.1. The van der Waals surface area contributed by atoms with Gasteiger partial charge in [0.1, 0.15) is 11.5 Å². The van der Waals surface area contributed by atoms with Crippen LogP contribution in [-0.2, 0) is 0 Å². The smallest absolute Gasteiger partial charge is 0.320 e. The van der Waals surface area contributed by atoms with Crippen LogP contribution in [0.15, 0.2) is 48.5 Å². The maximum Gasteiger partial charge on any atom is 0.320 e. The Kier molecular flexibility index (Phi) is 5.30. The van der Waals surface area contributed by atoms with Crippen LogP contribution < -0.4 is 4.74 Å². The minimum Gasteiger partial charge on any atom is -0.507 e. The van der Waals surface area contributed by atoms with Crippen molar-refractivity contribution in [1.29, 1.82) is 0 Å². The molecule has 0 radical (unpaired) electrons. The average molecular weight is 358 g/mol. The monoisotopic (exact) mass is 357 g/mol. The lowest BCUT2D eigenvalue weighted by Crippen LogP contribution is -2.05. The molecule has 128 valence electrons. The van der Waals surface area contributed by atoms with Crippen molar-refractivity contribution < 1.29 is 14.9 Å². The normalized spacial score (nSPS) is 10.6. The zero-order valence-electron chi connectivity index (χ0n) is 13.3. The van der Waals surface area contributed by atoms with Gasteiger partial charge >= 0.3 is 6.01 Å². The van der Waals surface area contributed by atoms with E-state index in [0.29, 0.717) is 30.0 Å². The third-order valence-corrected chi connectivity index (χ3v) is 3.68. The van der Waals surface area contributed by atoms with Crippen molar-refractivity contribution in [3.63, 3.8) is 0 Å². The van der Waals surface area contributed by atoms with Gasteiger partial charge in [0.15, 0.2) is 11.6 Å². The molecule has 7 heteroatoms. The molecule has 1 heterocycles. The van der Waals surface area contributed by atoms with E-state index < -0.39 is 0 Å². The molecule has 0 spiro atoms. The molecule has 0 atom stereocenters. The molecule has 0 fully saturated rings. The Morgan fingerprint density at radius 3 is 1.80 bits per heavy atom. The minimum atomic E-state index is 0.0450. The molecule has 0 aliphatic heterocycles. The third kappa shape index (κ3) is 3.97. The van der Waals surface area contributed by atoms with Crippen LogP contribution in [0, 0.1) is 0 Å². The molecule has 2 aromatic carbocycles. The molecule has 0 bridgehead atoms. The van der Waals surface area contributed by atoms with Gasteiger partial charge in [-0.25, -0.2) is 4.98 Å². The quantitative estimate of drug-likeness (QED) is 0.517. The van der Waals surface area contributed by atoms with E-state index in [1.165, 1.54) is 0 Å². The molecular formula is C18H16ClN3O3. The van der Waals surface area contributed by atoms with Crippen molar-refractivity contribution >= 4 is 11.6 Å². The summed E-state index contributed by atoms with van der Waals surface area (Å²) in [5.74, 6) is 1.07. The summed E-state index contributed by atoms with van der Waals surface area (Å²) in [5.41, 5.74) is 0.896. The van der Waals surface area contributed by atoms with Crippen LogP contribution in [-0.4, -0.2) is 37.7 Å². The molecule has 0 saturated heterocycles. The first-order valence-corrected chi connectivity index (χ1v) is 8.24. The maximum atomic E-state index is 10.1. The van der Waals surface area contributed by atoms with Gasteiger partial charge in [0, 0.05) is 5.88 Å². The van der Waals surface area contributed by atoms with Gasteiger partial charge in [0.2, 0.25) is 0 Å². The summed E-state index contributed by atoms with van der Waals surface area (Å²) < 4.78 is 5.54. The number of hydrogen-bond donors (Lipinski definition) is 2. The standard InChI is InChI=1S/C18H16ClN3O3/c19-10-5-11-25-18-21-16(12-6-1-3-8-14(12)23)20-17(22-18)13-7-2-4-9-15(13)24/h1-4,6-9,23-24H,5,10-11H2. The van der Waals surface area contributed by atoms with Gasteiger partial charge in [-0.05, 0) is 30.7 Å². The van der Waals surface area contributed by atoms with E-state index in [-0.39, 0.29) is 29.2 Å². The maximum absolute atomic E-state index is 10.1. The van der Waals surface area contributed by atoms with Crippen molar-refractivity contribution in [2.45, 2.75) is 6.42 Å². The van der Waals surface area contributed by atoms with E-state index in [1.54, 1.807) is 48.5 Å². The summed E-state index contributed by atoms with van der Waals surface area (Å²) in [6.07, 6.45) is 0.644. The summed E-state index contributed by atoms with van der Waals surface area (Å²) in [4.78, 5) is 12.9. The fourth-order valence-electron chi connectivity index (χ4n) is 2.21.